The van der Waals surface area contributed by atoms with E-state index in [-0.39, 0.29) is 5.90 Å². The van der Waals surface area contributed by atoms with Crippen molar-refractivity contribution in [1.82, 2.24) is 0 Å². The van der Waals surface area contributed by atoms with E-state index >= 15 is 0 Å². The van der Waals surface area contributed by atoms with Crippen molar-refractivity contribution in [1.29, 1.82) is 0 Å². The molecular weight excluding hydrogens is 68.0 g/mol. The van der Waals surface area contributed by atoms with Crippen LogP contribution in [0.5, 0.6) is 0 Å². The summed E-state index contributed by atoms with van der Waals surface area (Å²) in [5, 5.41) is 7.86. The van der Waals surface area contributed by atoms with Crippen molar-refractivity contribution in [3.8, 4) is 0 Å². The van der Waals surface area contributed by atoms with Crippen molar-refractivity contribution in [3.05, 3.63) is 5.53 Å². The fourth-order valence-corrected chi connectivity index (χ4v) is 0. The second kappa shape index (κ2) is 1.49. The Bertz CT molecular complexity index is 67.7. The zero-order valence-corrected chi connectivity index (χ0v) is 2.84. The predicted octanol–water partition coefficient (Wildman–Crippen LogP) is 0.193. The summed E-state index contributed by atoms with van der Waals surface area (Å²) in [7, 11) is 0. The number of hydrogen-bond donors (Lipinski definition) is 1. The van der Waals surface area contributed by atoms with Gasteiger partial charge in [0.15, 0.2) is 0 Å². The second-order valence-electron chi connectivity index (χ2n) is 0.647. The van der Waals surface area contributed by atoms with Crippen molar-refractivity contribution in [2.45, 2.75) is 6.92 Å². The molecule has 3 heteroatoms. The van der Waals surface area contributed by atoms with Crippen LogP contribution in [0, 0.1) is 0 Å². The summed E-state index contributed by atoms with van der Waals surface area (Å²) >= 11 is 0. The number of aliphatic hydroxyl groups excluding tert-OH is 1. The molecule has 0 unspecified atom stereocenters. The average Bonchev–Trinajstić information content (AvgIpc) is 1.38. The van der Waals surface area contributed by atoms with Gasteiger partial charge in [-0.05, 0) is 0 Å². The smallest absolute Gasteiger partial charge is 0.444 e. The third kappa shape index (κ3) is 3.18. The van der Waals surface area contributed by atoms with Gasteiger partial charge in [-0.15, -0.1) is 4.79 Å². The molecule has 0 amide bonds. The number of aliphatic hydroxyl groups is 1. The average molecular weight is 72.1 g/mol. The lowest BCUT2D eigenvalue weighted by Crippen LogP contribution is -1.83. The minimum Gasteiger partial charge on any atom is -0.451 e. The van der Waals surface area contributed by atoms with Crippen LogP contribution in [0.4, 0.5) is 0 Å². The molecule has 3 nitrogen and oxygen atoms in total. The Kier molecular flexibility index (Phi) is 1.25. The molecule has 0 aliphatic heterocycles. The molecule has 0 aromatic carbocycles. The summed E-state index contributed by atoms with van der Waals surface area (Å²) in [6.45, 7) is 1.28. The van der Waals surface area contributed by atoms with Crippen molar-refractivity contribution < 1.29 is 9.90 Å². The molecule has 5 heavy (non-hydrogen) atoms. The lowest BCUT2D eigenvalue weighted by Gasteiger charge is -1.56. The van der Waals surface area contributed by atoms with Gasteiger partial charge in [0.25, 0.3) is 0 Å². The highest BCUT2D eigenvalue weighted by molar-refractivity contribution is 5.63. The molecule has 0 heterocycles. The van der Waals surface area contributed by atoms with E-state index in [9.17, 15) is 0 Å². The van der Waals surface area contributed by atoms with Crippen LogP contribution in [-0.4, -0.2) is 15.8 Å². The first-order valence-corrected chi connectivity index (χ1v) is 1.15. The van der Waals surface area contributed by atoms with Crippen LogP contribution in [0.1, 0.15) is 6.92 Å². The van der Waals surface area contributed by atoms with E-state index in [1.54, 1.807) is 0 Å². The van der Waals surface area contributed by atoms with E-state index in [2.05, 4.69) is 4.79 Å². The van der Waals surface area contributed by atoms with Gasteiger partial charge in [-0.1, -0.05) is 0 Å². The summed E-state index contributed by atoms with van der Waals surface area (Å²) in [5.41, 5.74) is 7.48. The molecule has 1 N–H and O–H groups in total. The Morgan fingerprint density at radius 3 is 2.20 bits per heavy atom. The molecule has 0 aromatic rings. The number of hydrogen-bond acceptors (Lipinski definition) is 0. The number of nitrogens with zero attached hydrogens (tertiary/aromatic N) is 2. The maximum Gasteiger partial charge on any atom is 0.444 e. The molecule has 0 bridgehead atoms. The van der Waals surface area contributed by atoms with Gasteiger partial charge in [0.1, 0.15) is 0 Å². The largest absolute Gasteiger partial charge is 0.451 e. The molecule has 0 aliphatic rings. The van der Waals surface area contributed by atoms with Gasteiger partial charge in [-0.2, -0.15) is 0 Å². The lowest BCUT2D eigenvalue weighted by molar-refractivity contribution is -0.0305. The number of rotatable bonds is 0. The van der Waals surface area contributed by atoms with E-state index < -0.39 is 0 Å². The van der Waals surface area contributed by atoms with Crippen molar-refractivity contribution in [2.75, 3.05) is 0 Å². The van der Waals surface area contributed by atoms with Gasteiger partial charge in [-0.25, -0.2) is 0 Å². The van der Waals surface area contributed by atoms with Crippen LogP contribution in [0.2, 0.25) is 0 Å². The molecular formula is C2H4N2O. The van der Waals surface area contributed by atoms with Crippen LogP contribution in [0.25, 0.3) is 5.53 Å². The monoisotopic (exact) mass is 72.0 g/mol. The standard InChI is InChI=1S/C2H4N2O/c1-2(5)4-3/h5H,1H3. The topological polar surface area (TPSA) is 56.6 Å². The van der Waals surface area contributed by atoms with Crippen LogP contribution in [-0.2, 0) is 0 Å². The summed E-state index contributed by atoms with van der Waals surface area (Å²) in [4.78, 5) is 2.36. The first kappa shape index (κ1) is 4.18. The van der Waals surface area contributed by atoms with Crippen LogP contribution < -0.4 is 0 Å². The van der Waals surface area contributed by atoms with Crippen LogP contribution in [0.15, 0.2) is 0 Å². The Balaban J connectivity index is 3.60. The second-order valence-corrected chi connectivity index (χ2v) is 0.647. The lowest BCUT2D eigenvalue weighted by atomic mass is 10.8. The summed E-state index contributed by atoms with van der Waals surface area (Å²) < 4.78 is 0. The molecule has 0 atom stereocenters. The normalized spacial score (nSPS) is 5.80. The fraction of sp³-hybridized carbons (Fsp3) is 0.500. The van der Waals surface area contributed by atoms with Crippen molar-refractivity contribution >= 4 is 5.90 Å². The summed E-state index contributed by atoms with van der Waals surface area (Å²) in [5.74, 6) is -0.315. The molecule has 0 aromatic heterocycles. The van der Waals surface area contributed by atoms with Crippen LogP contribution >= 0.6 is 0 Å². The molecule has 0 rings (SSSR count). The maximum absolute atomic E-state index is 7.86. The molecule has 0 radical (unpaired) electrons. The SMILES string of the molecule is CC(O)=[N+]=[N-]. The molecule has 0 aliphatic carbocycles. The molecule has 0 spiro atoms. The van der Waals surface area contributed by atoms with Crippen molar-refractivity contribution in [2.24, 2.45) is 0 Å². The Morgan fingerprint density at radius 2 is 2.20 bits per heavy atom. The predicted molar refractivity (Wildman–Crippen MR) is 16.9 cm³/mol. The maximum atomic E-state index is 7.86. The minimum atomic E-state index is -0.315. The molecule has 28 valence electrons. The van der Waals surface area contributed by atoms with Gasteiger partial charge >= 0.3 is 5.90 Å². The Morgan fingerprint density at radius 1 is 2.00 bits per heavy atom. The quantitative estimate of drug-likeness (QED) is 0.189. The van der Waals surface area contributed by atoms with E-state index in [1.165, 1.54) is 6.92 Å². The molecule has 0 fully saturated rings. The van der Waals surface area contributed by atoms with Crippen molar-refractivity contribution in [3.63, 3.8) is 0 Å². The van der Waals surface area contributed by atoms with E-state index in [1.807, 2.05) is 0 Å². The van der Waals surface area contributed by atoms with Gasteiger partial charge in [0.2, 0.25) is 0 Å². The Labute approximate surface area is 29.5 Å². The highest BCUT2D eigenvalue weighted by Gasteiger charge is 1.78. The highest BCUT2D eigenvalue weighted by Crippen LogP contribution is 1.44. The Hall–Kier alpha value is -0.820. The van der Waals surface area contributed by atoms with Gasteiger partial charge in [0.05, 0.1) is 6.92 Å². The first-order valence-electron chi connectivity index (χ1n) is 1.15. The molecule has 0 saturated carbocycles. The zero-order chi connectivity index (χ0) is 4.28. The highest BCUT2D eigenvalue weighted by atomic mass is 16.3. The van der Waals surface area contributed by atoms with E-state index in [4.69, 9.17) is 10.6 Å². The van der Waals surface area contributed by atoms with E-state index in [0.717, 1.165) is 0 Å². The third-order valence-corrected chi connectivity index (χ3v) is 0.145. The van der Waals surface area contributed by atoms with Gasteiger partial charge in [0, 0.05) is 0 Å². The summed E-state index contributed by atoms with van der Waals surface area (Å²) in [6, 6.07) is 0. The minimum absolute atomic E-state index is 0.315. The zero-order valence-electron chi connectivity index (χ0n) is 2.84. The van der Waals surface area contributed by atoms with Gasteiger partial charge < -0.3 is 10.6 Å². The van der Waals surface area contributed by atoms with E-state index in [0.29, 0.717) is 0 Å². The molecule has 0 saturated heterocycles. The van der Waals surface area contributed by atoms with Gasteiger partial charge in [-0.3, -0.25) is 0 Å². The fourth-order valence-electron chi connectivity index (χ4n) is 0. The van der Waals surface area contributed by atoms with Crippen LogP contribution in [0.3, 0.4) is 0 Å². The first-order chi connectivity index (χ1) is 2.27. The third-order valence-electron chi connectivity index (χ3n) is 0.145. The summed E-state index contributed by atoms with van der Waals surface area (Å²) in [6.07, 6.45) is 0.